The van der Waals surface area contributed by atoms with Crippen LogP contribution in [0.5, 0.6) is 0 Å². The number of aliphatic hydroxyl groups excluding tert-OH is 1. The number of carbonyl (C=O) groups excluding carboxylic acids is 5. The van der Waals surface area contributed by atoms with Gasteiger partial charge in [-0.3, -0.25) is 38.7 Å². The number of benzene rings is 5. The van der Waals surface area contributed by atoms with E-state index in [1.165, 1.54) is 28.2 Å². The normalized spacial score (nSPS) is 20.3. The second-order valence-electron chi connectivity index (χ2n) is 31.5. The number of aromatic nitrogens is 1. The Hall–Kier alpha value is -6.84. The number of ketones is 1. The topological polar surface area (TPSA) is 239 Å². The molecule has 20 nitrogen and oxygen atoms in total. The Morgan fingerprint density at radius 3 is 2.11 bits per heavy atom. The Kier molecular flexibility index (Phi) is 28.1. The average Bonchev–Trinajstić information content (AvgIpc) is 1.04. The fourth-order valence-corrected chi connectivity index (χ4v) is 20.0. The van der Waals surface area contributed by atoms with Crippen LogP contribution in [-0.2, 0) is 50.0 Å². The number of allylic oxidation sites excluding steroid dienone is 1. The van der Waals surface area contributed by atoms with Crippen molar-refractivity contribution < 1.29 is 50.7 Å². The van der Waals surface area contributed by atoms with E-state index in [0.717, 1.165) is 141 Å². The summed E-state index contributed by atoms with van der Waals surface area (Å²) >= 11 is 9.71. The maximum atomic E-state index is 14.8. The van der Waals surface area contributed by atoms with E-state index in [1.807, 2.05) is 107 Å². The van der Waals surface area contributed by atoms with Crippen molar-refractivity contribution in [3.05, 3.63) is 165 Å². The Morgan fingerprint density at radius 2 is 1.44 bits per heavy atom. The Balaban J connectivity index is 0.619. The molecule has 1 unspecified atom stereocenters. The van der Waals surface area contributed by atoms with Crippen LogP contribution in [0.25, 0.3) is 16.0 Å². The number of hydrogen-bond donors (Lipinski definition) is 3. The van der Waals surface area contributed by atoms with Crippen LogP contribution in [0.15, 0.2) is 147 Å². The number of piperazine rings is 2. The zero-order valence-electron chi connectivity index (χ0n) is 63.7. The van der Waals surface area contributed by atoms with E-state index in [4.69, 9.17) is 16.3 Å². The minimum absolute atomic E-state index is 0.00125. The van der Waals surface area contributed by atoms with Gasteiger partial charge in [0.1, 0.15) is 17.8 Å². The molecule has 1 aromatic heterocycles. The highest BCUT2D eigenvalue weighted by atomic mass is 35.5. The number of β-amino-alcohol motifs (C(OH)–C–C–N with tert-alkyl or cyclic N) is 1. The third-order valence-corrected chi connectivity index (χ3v) is 27.4. The number of aliphatic hydroxyl groups is 1. The highest BCUT2D eigenvalue weighted by Gasteiger charge is 2.46. The van der Waals surface area contributed by atoms with Gasteiger partial charge in [0, 0.05) is 125 Å². The molecule has 3 N–H and O–H groups in total. The number of nitrogens with one attached hydrogen (secondary N) is 2. The van der Waals surface area contributed by atoms with E-state index in [9.17, 15) is 45.9 Å². The van der Waals surface area contributed by atoms with E-state index in [-0.39, 0.29) is 70.3 Å². The highest BCUT2D eigenvalue weighted by Crippen LogP contribution is 2.45. The van der Waals surface area contributed by atoms with Crippen LogP contribution in [0.1, 0.15) is 138 Å². The predicted octanol–water partition coefficient (Wildman–Crippen LogP) is 11.7. The summed E-state index contributed by atoms with van der Waals surface area (Å²) in [7, 11) is -8.09. The lowest BCUT2D eigenvalue weighted by molar-refractivity contribution is -0.144. The van der Waals surface area contributed by atoms with Crippen molar-refractivity contribution in [1.29, 1.82) is 0 Å². The molecular formula is C83H108ClN9O11S4. The number of amides is 4. The smallest absolute Gasteiger partial charge is 0.246 e. The molecule has 1 aliphatic carbocycles. The van der Waals surface area contributed by atoms with Crippen LogP contribution in [0.2, 0.25) is 5.02 Å². The molecule has 5 heterocycles. The molecule has 4 fully saturated rings. The fourth-order valence-electron chi connectivity index (χ4n) is 15.7. The minimum Gasteiger partial charge on any atom is -0.391 e. The van der Waals surface area contributed by atoms with Gasteiger partial charge in [-0.25, -0.2) is 21.8 Å². The Morgan fingerprint density at radius 1 is 0.778 bits per heavy atom. The lowest BCUT2D eigenvalue weighted by Gasteiger charge is -2.43. The van der Waals surface area contributed by atoms with E-state index in [2.05, 4.69) is 71.3 Å². The number of aryl methyl sites for hydroxylation is 1. The number of carbonyl (C=O) groups is 5. The minimum atomic E-state index is -4.23. The Labute approximate surface area is 652 Å². The average molecular weight is 1570 g/mol. The summed E-state index contributed by atoms with van der Waals surface area (Å²) < 4.78 is 60.4. The lowest BCUT2D eigenvalue weighted by Crippen LogP contribution is -2.57. The lowest BCUT2D eigenvalue weighted by atomic mass is 9.70. The number of anilines is 1. The maximum absolute atomic E-state index is 14.8. The van der Waals surface area contributed by atoms with Gasteiger partial charge in [-0.05, 0) is 172 Å². The molecule has 108 heavy (non-hydrogen) atoms. The van der Waals surface area contributed by atoms with Crippen molar-refractivity contribution in [2.45, 2.75) is 151 Å². The van der Waals surface area contributed by atoms with Crippen molar-refractivity contribution in [3.63, 3.8) is 0 Å². The summed E-state index contributed by atoms with van der Waals surface area (Å²) in [5.41, 5.74) is 8.86. The molecule has 4 aliphatic heterocycles. The number of nitrogens with zero attached hydrogens (tertiary/aromatic N) is 7. The van der Waals surface area contributed by atoms with Crippen molar-refractivity contribution in [1.82, 2.24) is 40.1 Å². The van der Waals surface area contributed by atoms with Crippen LogP contribution in [0.3, 0.4) is 0 Å². The van der Waals surface area contributed by atoms with E-state index < -0.39 is 60.2 Å². The van der Waals surface area contributed by atoms with Gasteiger partial charge in [0.25, 0.3) is 0 Å². The zero-order valence-corrected chi connectivity index (χ0v) is 67.7. The number of sulfone groups is 2. The van der Waals surface area contributed by atoms with Gasteiger partial charge < -0.3 is 35.2 Å². The number of hydrogen-bond acceptors (Lipinski definition) is 18. The summed E-state index contributed by atoms with van der Waals surface area (Å²) in [6, 6.07) is 35.3. The molecule has 4 saturated heterocycles. The van der Waals surface area contributed by atoms with Gasteiger partial charge in [0.15, 0.2) is 25.5 Å². The highest BCUT2D eigenvalue weighted by molar-refractivity contribution is 7.99. The largest absolute Gasteiger partial charge is 0.391 e. The SMILES string of the molecule is Cc1ncsc1-c1ccc([C@H](C)NC(=O)[C@@H]2C[C@@H](O)CN2C(=O)[C@@H](NC(=O)CCCCCCN2CCN(C(=O)C3(C)CCC(c4ccc(Cl)cc4)=C(CN4CCN(c5ccc(C(=O)CS(=O)(=O)c6ccc(C[C@H](CCN7CCOCC7)CSc7ccccc7)c(S(C)(=O)=O)c6)cc5)CC4)C3)CC2)C(C)(C)C)cc1. The number of thioether (sulfide) groups is 1. The van der Waals surface area contributed by atoms with Crippen LogP contribution in [0.4, 0.5) is 5.69 Å². The van der Waals surface area contributed by atoms with E-state index in [1.54, 1.807) is 41.3 Å². The van der Waals surface area contributed by atoms with Crippen molar-refractivity contribution in [2.24, 2.45) is 16.7 Å². The third-order valence-electron chi connectivity index (χ3n) is 22.2. The molecule has 4 amide bonds. The molecule has 0 spiro atoms. The van der Waals surface area contributed by atoms with Crippen molar-refractivity contribution in [2.75, 3.05) is 128 Å². The van der Waals surface area contributed by atoms with Gasteiger partial charge in [-0.15, -0.1) is 23.1 Å². The molecule has 6 atom stereocenters. The molecule has 582 valence electrons. The van der Waals surface area contributed by atoms with Crippen LogP contribution in [-0.4, -0.2) is 222 Å². The number of thiazole rings is 1. The standard InChI is InChI=1S/C83H108ClN9O11S4/c1-58(61-18-20-64(21-19-61)77-59(2)85-57-106-77)86-79(97)73-50-69(94)54-93(73)80(98)78(82(3,4)5)87-76(96)17-13-8-9-14-35-88-37-43-92(44-38-88)81(99)83(6)34-32-72(62-22-27-67(84)28-23-62)66(52-83)53-90-39-41-91(42-40-90)68-29-24-63(25-30-68)74(95)56-108(102,103)71-31-26-65(75(51-71)107(7,100)101)49-60(33-36-89-45-47-104-48-46-89)55-105-70-15-11-10-12-16-70/h10-12,15-16,18-31,51,57-58,60,69,73,78,94H,8-9,13-14,17,32-50,52-56H2,1-7H3,(H,86,97)(H,87,96)/t58-,60-,69+,73-,78+,83?/m0/s1. The zero-order chi connectivity index (χ0) is 76.9. The van der Waals surface area contributed by atoms with Gasteiger partial charge in [-0.1, -0.05) is 118 Å². The van der Waals surface area contributed by atoms with E-state index in [0.29, 0.717) is 75.8 Å². The molecule has 5 aromatic carbocycles. The monoisotopic (exact) mass is 1570 g/mol. The molecule has 0 saturated carbocycles. The first-order valence-corrected chi connectivity index (χ1v) is 44.1. The number of rotatable bonds is 31. The number of ether oxygens (including phenoxy) is 1. The van der Waals surface area contributed by atoms with Crippen molar-refractivity contribution >= 4 is 95.0 Å². The van der Waals surface area contributed by atoms with Gasteiger partial charge in [-0.2, -0.15) is 0 Å². The maximum Gasteiger partial charge on any atom is 0.246 e. The van der Waals surface area contributed by atoms with E-state index >= 15 is 0 Å². The first-order chi connectivity index (χ1) is 51.6. The summed E-state index contributed by atoms with van der Waals surface area (Å²) in [6.45, 7) is 23.0. The number of Topliss-reactive ketones (excluding diaryl/α,β-unsaturated/α-hetero) is 1. The molecule has 25 heteroatoms. The molecular weight excluding hydrogens is 1460 g/mol. The second-order valence-corrected chi connectivity index (χ2v) is 37.8. The van der Waals surface area contributed by atoms with Crippen LogP contribution < -0.4 is 15.5 Å². The summed E-state index contributed by atoms with van der Waals surface area (Å²) in [6.07, 6.45) is 7.39. The molecule has 6 aromatic rings. The van der Waals surface area contributed by atoms with Crippen molar-refractivity contribution in [3.8, 4) is 10.4 Å². The fraction of sp³-hybridized carbons (Fsp3) is 0.518. The first-order valence-electron chi connectivity index (χ1n) is 38.3. The number of unbranched alkanes of at least 4 members (excludes halogenated alkanes) is 3. The quantitative estimate of drug-likeness (QED) is 0.0208. The summed E-state index contributed by atoms with van der Waals surface area (Å²) in [4.78, 5) is 89.6. The first kappa shape index (κ1) is 82.1. The summed E-state index contributed by atoms with van der Waals surface area (Å²) in [5, 5.41) is 17.5. The van der Waals surface area contributed by atoms with Gasteiger partial charge in [0.2, 0.25) is 23.6 Å². The Bertz CT molecular complexity index is 4350. The van der Waals surface area contributed by atoms with Gasteiger partial charge in [0.05, 0.1) is 56.6 Å². The third kappa shape index (κ3) is 21.8. The number of halogens is 1. The van der Waals surface area contributed by atoms with Crippen LogP contribution in [0, 0.1) is 23.7 Å². The summed E-state index contributed by atoms with van der Waals surface area (Å²) in [5.74, 6) is -1.30. The van der Waals surface area contributed by atoms with Crippen LogP contribution >= 0.6 is 34.7 Å². The molecule has 5 aliphatic rings. The second kappa shape index (κ2) is 37.0. The van der Waals surface area contributed by atoms with Gasteiger partial charge >= 0.3 is 0 Å². The number of likely N-dealkylation sites (tertiary alicyclic amines) is 1. The number of morpholine rings is 1. The molecule has 11 rings (SSSR count). The molecule has 0 bridgehead atoms. The molecule has 0 radical (unpaired) electrons. The predicted molar refractivity (Wildman–Crippen MR) is 430 cm³/mol.